The average molecular weight is 537 g/mol. The molecule has 1 N–H and O–H groups in total. The van der Waals surface area contributed by atoms with Crippen LogP contribution in [-0.2, 0) is 16.6 Å². The highest BCUT2D eigenvalue weighted by Gasteiger charge is 2.45. The first-order chi connectivity index (χ1) is 17.0. The smallest absolute Gasteiger partial charge is 0.276 e. The van der Waals surface area contributed by atoms with Crippen LogP contribution < -0.4 is 9.46 Å². The standard InChI is InChI=1S/C25H27ClF2N4O3S/c1-3-10-35-24-19(14-29)12-20(13-21(24)26)32-9-6-18-11-17(4-5-22(18)32)15-31-8-7-23(25(27,28)16-31)30-36(2,33)34/h4-6,9,11-13,23,30H,3,7-8,10,15-16H2,1-2H3. The summed E-state index contributed by atoms with van der Waals surface area (Å²) in [6.07, 6.45) is 3.57. The van der Waals surface area contributed by atoms with Gasteiger partial charge in [0, 0.05) is 30.4 Å². The highest BCUT2D eigenvalue weighted by Crippen LogP contribution is 2.34. The van der Waals surface area contributed by atoms with Gasteiger partial charge in [0.05, 0.1) is 41.6 Å². The number of halogens is 3. The first-order valence-electron chi connectivity index (χ1n) is 11.5. The molecule has 1 aliphatic heterocycles. The number of piperidine rings is 1. The van der Waals surface area contributed by atoms with Crippen molar-refractivity contribution < 1.29 is 21.9 Å². The Labute approximate surface area is 214 Å². The largest absolute Gasteiger partial charge is 0.491 e. The molecule has 4 rings (SSSR count). The van der Waals surface area contributed by atoms with Crippen molar-refractivity contribution in [1.82, 2.24) is 14.2 Å². The third-order valence-corrected chi connectivity index (χ3v) is 7.07. The maximum absolute atomic E-state index is 14.6. The van der Waals surface area contributed by atoms with Crippen molar-refractivity contribution in [3.63, 3.8) is 0 Å². The van der Waals surface area contributed by atoms with Crippen molar-refractivity contribution in [1.29, 1.82) is 5.26 Å². The molecule has 0 aliphatic carbocycles. The van der Waals surface area contributed by atoms with Gasteiger partial charge in [0.2, 0.25) is 10.0 Å². The number of rotatable bonds is 8. The van der Waals surface area contributed by atoms with Crippen LogP contribution in [0.15, 0.2) is 42.6 Å². The second kappa shape index (κ2) is 10.3. The molecule has 2 aromatic carbocycles. The first-order valence-corrected chi connectivity index (χ1v) is 13.8. The van der Waals surface area contributed by atoms with Crippen LogP contribution in [0.25, 0.3) is 16.6 Å². The Morgan fingerprint density at radius 2 is 2.06 bits per heavy atom. The van der Waals surface area contributed by atoms with Crippen LogP contribution in [0.4, 0.5) is 8.78 Å². The topological polar surface area (TPSA) is 87.4 Å². The molecule has 1 fully saturated rings. The normalized spacial score (nSPS) is 18.3. The van der Waals surface area contributed by atoms with Crippen molar-refractivity contribution in [3.8, 4) is 17.5 Å². The maximum atomic E-state index is 14.6. The molecular formula is C25H27ClF2N4O3S. The molecule has 0 radical (unpaired) electrons. The number of aromatic nitrogens is 1. The number of ether oxygens (including phenoxy) is 1. The quantitative estimate of drug-likeness (QED) is 0.451. The summed E-state index contributed by atoms with van der Waals surface area (Å²) < 4.78 is 61.6. The SMILES string of the molecule is CCCOc1c(Cl)cc(-n2ccc3cc(CN4CCC(NS(C)(=O)=O)C(F)(F)C4)ccc32)cc1C#N. The highest BCUT2D eigenvalue weighted by atomic mass is 35.5. The molecule has 36 heavy (non-hydrogen) atoms. The summed E-state index contributed by atoms with van der Waals surface area (Å²) in [5.74, 6) is -2.80. The molecule has 7 nitrogen and oxygen atoms in total. The number of nitriles is 1. The lowest BCUT2D eigenvalue weighted by Crippen LogP contribution is -2.57. The van der Waals surface area contributed by atoms with Gasteiger partial charge in [0.25, 0.3) is 5.92 Å². The minimum atomic E-state index is -3.71. The molecule has 192 valence electrons. The molecule has 0 spiro atoms. The van der Waals surface area contributed by atoms with Crippen LogP contribution in [-0.4, -0.2) is 55.8 Å². The average Bonchev–Trinajstić information content (AvgIpc) is 3.22. The molecule has 0 bridgehead atoms. The van der Waals surface area contributed by atoms with Gasteiger partial charge in [-0.25, -0.2) is 21.9 Å². The van der Waals surface area contributed by atoms with E-state index in [4.69, 9.17) is 16.3 Å². The lowest BCUT2D eigenvalue weighted by molar-refractivity contribution is -0.0862. The summed E-state index contributed by atoms with van der Waals surface area (Å²) in [5.41, 5.74) is 2.80. The zero-order chi connectivity index (χ0) is 26.1. The summed E-state index contributed by atoms with van der Waals surface area (Å²) in [5, 5.41) is 10.9. The number of hydrogen-bond acceptors (Lipinski definition) is 5. The monoisotopic (exact) mass is 536 g/mol. The van der Waals surface area contributed by atoms with E-state index in [1.165, 1.54) is 0 Å². The number of sulfonamides is 1. The van der Waals surface area contributed by atoms with Gasteiger partial charge in [-0.2, -0.15) is 5.26 Å². The van der Waals surface area contributed by atoms with Crippen LogP contribution in [0.5, 0.6) is 5.75 Å². The summed E-state index contributed by atoms with van der Waals surface area (Å²) in [7, 11) is -3.71. The zero-order valence-electron chi connectivity index (χ0n) is 20.0. The van der Waals surface area contributed by atoms with E-state index in [1.807, 2.05) is 42.0 Å². The zero-order valence-corrected chi connectivity index (χ0v) is 21.5. The first kappa shape index (κ1) is 26.4. The third-order valence-electron chi connectivity index (χ3n) is 6.07. The molecule has 1 unspecified atom stereocenters. The third kappa shape index (κ3) is 5.81. The molecule has 11 heteroatoms. The molecule has 3 aromatic rings. The van der Waals surface area contributed by atoms with E-state index >= 15 is 0 Å². The van der Waals surface area contributed by atoms with E-state index in [0.717, 1.165) is 29.1 Å². The summed E-state index contributed by atoms with van der Waals surface area (Å²) in [6.45, 7) is 2.57. The van der Waals surface area contributed by atoms with Crippen LogP contribution in [0.2, 0.25) is 5.02 Å². The van der Waals surface area contributed by atoms with Crippen molar-refractivity contribution in [2.75, 3.05) is 26.0 Å². The van der Waals surface area contributed by atoms with Crippen LogP contribution in [0.3, 0.4) is 0 Å². The highest BCUT2D eigenvalue weighted by molar-refractivity contribution is 7.88. The van der Waals surface area contributed by atoms with Gasteiger partial charge in [0.1, 0.15) is 6.07 Å². The fourth-order valence-electron chi connectivity index (χ4n) is 4.47. The van der Waals surface area contributed by atoms with Crippen molar-refractivity contribution in [2.24, 2.45) is 0 Å². The lowest BCUT2D eigenvalue weighted by atomic mass is 10.0. The van der Waals surface area contributed by atoms with Gasteiger partial charge in [-0.15, -0.1) is 0 Å². The van der Waals surface area contributed by atoms with Crippen LogP contribution in [0.1, 0.15) is 30.9 Å². The van der Waals surface area contributed by atoms with E-state index in [0.29, 0.717) is 41.7 Å². The van der Waals surface area contributed by atoms with Gasteiger partial charge < -0.3 is 9.30 Å². The molecule has 0 saturated carbocycles. The second-order valence-corrected chi connectivity index (χ2v) is 11.2. The van der Waals surface area contributed by atoms with Crippen molar-refractivity contribution >= 4 is 32.5 Å². The number of nitrogens with one attached hydrogen (secondary N) is 1. The van der Waals surface area contributed by atoms with E-state index in [1.54, 1.807) is 17.0 Å². The number of likely N-dealkylation sites (tertiary alicyclic amines) is 1. The predicted molar refractivity (Wildman–Crippen MR) is 135 cm³/mol. The Morgan fingerprint density at radius 3 is 2.72 bits per heavy atom. The minimum Gasteiger partial charge on any atom is -0.491 e. The summed E-state index contributed by atoms with van der Waals surface area (Å²) in [4.78, 5) is 1.63. The van der Waals surface area contributed by atoms with Crippen LogP contribution >= 0.6 is 11.6 Å². The Morgan fingerprint density at radius 1 is 1.28 bits per heavy atom. The molecule has 1 saturated heterocycles. The summed E-state index contributed by atoms with van der Waals surface area (Å²) >= 11 is 6.43. The predicted octanol–water partition coefficient (Wildman–Crippen LogP) is 4.70. The Hall–Kier alpha value is -2.71. The van der Waals surface area contributed by atoms with Crippen LogP contribution in [0, 0.1) is 11.3 Å². The molecule has 1 atom stereocenters. The van der Waals surface area contributed by atoms with E-state index in [-0.39, 0.29) is 6.42 Å². The number of fused-ring (bicyclic) bond motifs is 1. The van der Waals surface area contributed by atoms with Crippen molar-refractivity contribution in [3.05, 3.63) is 58.7 Å². The van der Waals surface area contributed by atoms with Gasteiger partial charge in [-0.3, -0.25) is 4.90 Å². The number of alkyl halides is 2. The maximum Gasteiger partial charge on any atom is 0.276 e. The fourth-order valence-corrected chi connectivity index (χ4v) is 5.55. The van der Waals surface area contributed by atoms with Gasteiger partial charge in [0.15, 0.2) is 5.75 Å². The van der Waals surface area contributed by atoms with E-state index in [2.05, 4.69) is 10.8 Å². The molecule has 2 heterocycles. The van der Waals surface area contributed by atoms with Gasteiger partial charge in [-0.1, -0.05) is 24.6 Å². The molecule has 0 amide bonds. The van der Waals surface area contributed by atoms with E-state index in [9.17, 15) is 22.5 Å². The second-order valence-electron chi connectivity index (χ2n) is 9.05. The minimum absolute atomic E-state index is 0.0264. The Kier molecular flexibility index (Phi) is 7.57. The fraction of sp³-hybridized carbons (Fsp3) is 0.400. The van der Waals surface area contributed by atoms with Gasteiger partial charge in [-0.05, 0) is 48.7 Å². The van der Waals surface area contributed by atoms with Gasteiger partial charge >= 0.3 is 0 Å². The molecule has 1 aromatic heterocycles. The number of hydrogen-bond donors (Lipinski definition) is 1. The number of nitrogens with zero attached hydrogens (tertiary/aromatic N) is 3. The molecular weight excluding hydrogens is 510 g/mol. The van der Waals surface area contributed by atoms with Crippen molar-refractivity contribution in [2.45, 2.75) is 38.3 Å². The summed E-state index contributed by atoms with van der Waals surface area (Å²) in [6, 6.07) is 11.9. The lowest BCUT2D eigenvalue weighted by Gasteiger charge is -2.38. The Balaban J connectivity index is 1.54. The van der Waals surface area contributed by atoms with E-state index < -0.39 is 28.5 Å². The molecule has 1 aliphatic rings. The Bertz CT molecular complexity index is 1420. The number of benzene rings is 2.